The average molecular weight is 680 g/mol. The maximum atomic E-state index is 12.5. The Kier molecular flexibility index (Phi) is 13.4. The second kappa shape index (κ2) is 17.2. The van der Waals surface area contributed by atoms with Gasteiger partial charge in [-0.1, -0.05) is 6.07 Å². The topological polar surface area (TPSA) is 190 Å². The minimum absolute atomic E-state index is 0.0456. The van der Waals surface area contributed by atoms with Crippen LogP contribution in [0.25, 0.3) is 5.52 Å². The van der Waals surface area contributed by atoms with Crippen molar-refractivity contribution in [3.05, 3.63) is 82.1 Å². The van der Waals surface area contributed by atoms with Gasteiger partial charge in [0.1, 0.15) is 5.69 Å². The van der Waals surface area contributed by atoms with Crippen LogP contribution < -0.4 is 21.8 Å². The highest BCUT2D eigenvalue weighted by Crippen LogP contribution is 2.28. The monoisotopic (exact) mass is 679 g/mol. The van der Waals surface area contributed by atoms with Gasteiger partial charge in [-0.3, -0.25) is 19.2 Å². The van der Waals surface area contributed by atoms with Gasteiger partial charge in [0, 0.05) is 56.3 Å². The first-order valence-corrected chi connectivity index (χ1v) is 15.5. The molecule has 3 heterocycles. The number of aromatic nitrogens is 3. The zero-order valence-electron chi connectivity index (χ0n) is 29.3. The summed E-state index contributed by atoms with van der Waals surface area (Å²) in [5, 5.41) is 6.22. The number of rotatable bonds is 13. The van der Waals surface area contributed by atoms with Crippen molar-refractivity contribution in [1.82, 2.24) is 24.7 Å². The van der Waals surface area contributed by atoms with E-state index in [1.807, 2.05) is 38.2 Å². The van der Waals surface area contributed by atoms with Crippen molar-refractivity contribution in [1.29, 1.82) is 0 Å². The number of esters is 1. The van der Waals surface area contributed by atoms with Crippen LogP contribution in [0, 0.1) is 20.8 Å². The number of nitrogens with one attached hydrogen (secondary N) is 3. The number of hydroxylamine groups is 1. The smallest absolute Gasteiger partial charge is 0.339 e. The van der Waals surface area contributed by atoms with Gasteiger partial charge in [-0.2, -0.15) is 0 Å². The Balaban J connectivity index is 0.000000286. The minimum atomic E-state index is -0.621. The van der Waals surface area contributed by atoms with Crippen molar-refractivity contribution >= 4 is 40.7 Å². The normalized spacial score (nSPS) is 10.9. The van der Waals surface area contributed by atoms with Gasteiger partial charge in [-0.05, 0) is 70.4 Å². The molecule has 0 bridgehead atoms. The first-order chi connectivity index (χ1) is 23.3. The second-order valence-corrected chi connectivity index (χ2v) is 11.3. The number of fused-ring (bicyclic) bond motifs is 1. The average Bonchev–Trinajstić information content (AvgIpc) is 3.57. The third-order valence-corrected chi connectivity index (χ3v) is 7.48. The summed E-state index contributed by atoms with van der Waals surface area (Å²) in [6, 6.07) is 5.35. The number of amides is 3. The summed E-state index contributed by atoms with van der Waals surface area (Å²) in [5.74, 6) is -0.975. The van der Waals surface area contributed by atoms with Gasteiger partial charge < -0.3 is 39.5 Å². The fourth-order valence-electron chi connectivity index (χ4n) is 5.07. The van der Waals surface area contributed by atoms with E-state index in [1.165, 1.54) is 27.5 Å². The van der Waals surface area contributed by atoms with E-state index in [2.05, 4.69) is 21.1 Å². The van der Waals surface area contributed by atoms with Crippen LogP contribution in [0.4, 0.5) is 11.5 Å². The number of carbonyl (C=O) groups is 4. The summed E-state index contributed by atoms with van der Waals surface area (Å²) in [6.07, 6.45) is 6.24. The number of carbonyl (C=O) groups excluding carboxylic acids is 4. The number of benzene rings is 1. The summed E-state index contributed by atoms with van der Waals surface area (Å²) in [6.45, 7) is 11.5. The molecule has 264 valence electrons. The minimum Gasteiger partial charge on any atom is -0.462 e. The number of ether oxygens (including phenoxy) is 3. The van der Waals surface area contributed by atoms with Gasteiger partial charge in [0.25, 0.3) is 17.7 Å². The van der Waals surface area contributed by atoms with Crippen LogP contribution >= 0.6 is 0 Å². The van der Waals surface area contributed by atoms with E-state index in [1.54, 1.807) is 49.1 Å². The number of methoxy groups -OCH3 is 2. The Labute approximate surface area is 285 Å². The van der Waals surface area contributed by atoms with Gasteiger partial charge in [-0.15, -0.1) is 0 Å². The molecule has 0 aliphatic rings. The van der Waals surface area contributed by atoms with Crippen molar-refractivity contribution < 1.29 is 38.2 Å². The third kappa shape index (κ3) is 9.22. The van der Waals surface area contributed by atoms with E-state index >= 15 is 0 Å². The molecule has 0 unspecified atom stereocenters. The van der Waals surface area contributed by atoms with Crippen LogP contribution in [0.15, 0.2) is 43.0 Å². The summed E-state index contributed by atoms with van der Waals surface area (Å²) < 4.78 is 18.5. The summed E-state index contributed by atoms with van der Waals surface area (Å²) in [7, 11) is 4.36. The Hall–Kier alpha value is -5.25. The molecule has 15 nitrogen and oxygen atoms in total. The molecule has 0 aliphatic carbocycles. The Bertz CT molecular complexity index is 1810. The van der Waals surface area contributed by atoms with Crippen molar-refractivity contribution in [2.24, 2.45) is 5.73 Å². The molecule has 4 rings (SSSR count). The second-order valence-electron chi connectivity index (χ2n) is 11.3. The van der Waals surface area contributed by atoms with Crippen LogP contribution in [0.2, 0.25) is 0 Å². The molecule has 0 radical (unpaired) electrons. The van der Waals surface area contributed by atoms with E-state index < -0.39 is 18.2 Å². The molecule has 5 N–H and O–H groups in total. The van der Waals surface area contributed by atoms with E-state index in [0.717, 1.165) is 22.3 Å². The molecule has 15 heteroatoms. The summed E-state index contributed by atoms with van der Waals surface area (Å²) in [5.41, 5.74) is 13.1. The highest BCUT2D eigenvalue weighted by Gasteiger charge is 2.23. The summed E-state index contributed by atoms with van der Waals surface area (Å²) in [4.78, 5) is 57.1. The van der Waals surface area contributed by atoms with Crippen molar-refractivity contribution in [3.8, 4) is 0 Å². The fraction of sp³-hybridized carbons (Fsp3) is 0.382. The van der Waals surface area contributed by atoms with Gasteiger partial charge in [-0.25, -0.2) is 15.3 Å². The molecule has 3 amide bonds. The predicted octanol–water partition coefficient (Wildman–Crippen LogP) is 3.82. The van der Waals surface area contributed by atoms with E-state index in [-0.39, 0.29) is 36.7 Å². The lowest BCUT2D eigenvalue weighted by Crippen LogP contribution is -2.30. The van der Waals surface area contributed by atoms with Crippen LogP contribution in [0.5, 0.6) is 0 Å². The van der Waals surface area contributed by atoms with Crippen LogP contribution in [-0.4, -0.2) is 77.9 Å². The van der Waals surface area contributed by atoms with E-state index in [9.17, 15) is 19.2 Å². The molecule has 4 aromatic rings. The number of hydrogen-bond acceptors (Lipinski definition) is 10. The quantitative estimate of drug-likeness (QED) is 0.0919. The van der Waals surface area contributed by atoms with E-state index in [0.29, 0.717) is 28.1 Å². The molecular formula is C34H45N7O8. The number of nitrogens with two attached hydrogens (primary N) is 1. The zero-order valence-corrected chi connectivity index (χ0v) is 29.3. The molecule has 0 saturated heterocycles. The lowest BCUT2D eigenvalue weighted by molar-refractivity contribution is -0.111. The SMILES string of the molecule is CCOC(=O)c1cn(CC(OC)OC)c(C(N)=O)c1C.CONC(=O)c1ccc(C)c(Nc2nccn3cc(C(=O)NC(C)C)c(C)c23)c1. The standard InChI is InChI=1S/C21H25N5O3.C13H20N2O5/c1-12(2)23-21(28)16-11-26-9-8-22-19(18(26)14(16)4)24-17-10-15(7-6-13(17)3)20(27)25-29-5;1-5-20-13(17)9-6-15(7-10(18-3)19-4)11(8(9)2)12(14)16/h6-12H,1-5H3,(H,22,24)(H,23,28)(H,25,27);6,10H,5,7H2,1-4H3,(H2,14,16). The van der Waals surface area contributed by atoms with Crippen LogP contribution in [0.1, 0.15) is 79.0 Å². The highest BCUT2D eigenvalue weighted by molar-refractivity contribution is 6.00. The molecule has 1 aromatic carbocycles. The summed E-state index contributed by atoms with van der Waals surface area (Å²) >= 11 is 0. The van der Waals surface area contributed by atoms with Crippen molar-refractivity contribution in [3.63, 3.8) is 0 Å². The molecule has 3 aromatic heterocycles. The van der Waals surface area contributed by atoms with Crippen LogP contribution in [0.3, 0.4) is 0 Å². The molecule has 0 aliphatic heterocycles. The molecule has 0 fully saturated rings. The van der Waals surface area contributed by atoms with Gasteiger partial charge in [0.05, 0.1) is 36.9 Å². The maximum Gasteiger partial charge on any atom is 0.339 e. The largest absolute Gasteiger partial charge is 0.462 e. The number of nitrogens with zero attached hydrogens (tertiary/aromatic N) is 3. The Morgan fingerprint density at radius 3 is 2.24 bits per heavy atom. The van der Waals surface area contributed by atoms with E-state index in [4.69, 9.17) is 24.8 Å². The first-order valence-electron chi connectivity index (χ1n) is 15.5. The zero-order chi connectivity index (χ0) is 36.4. The molecule has 0 saturated carbocycles. The number of primary amides is 1. The molecule has 0 spiro atoms. The lowest BCUT2D eigenvalue weighted by atomic mass is 10.1. The lowest BCUT2D eigenvalue weighted by Gasteiger charge is -2.15. The molecular weight excluding hydrogens is 634 g/mol. The van der Waals surface area contributed by atoms with Crippen LogP contribution in [-0.2, 0) is 25.6 Å². The highest BCUT2D eigenvalue weighted by atomic mass is 16.7. The van der Waals surface area contributed by atoms with Gasteiger partial charge in [0.2, 0.25) is 0 Å². The Morgan fingerprint density at radius 2 is 1.65 bits per heavy atom. The molecule has 0 atom stereocenters. The van der Waals surface area contributed by atoms with Gasteiger partial charge in [0.15, 0.2) is 12.1 Å². The van der Waals surface area contributed by atoms with Crippen molar-refractivity contribution in [2.75, 3.05) is 33.3 Å². The molecule has 49 heavy (non-hydrogen) atoms. The number of aryl methyl sites for hydroxylation is 2. The fourth-order valence-corrected chi connectivity index (χ4v) is 5.07. The maximum absolute atomic E-state index is 12.5. The third-order valence-electron chi connectivity index (χ3n) is 7.48. The predicted molar refractivity (Wildman–Crippen MR) is 183 cm³/mol. The Morgan fingerprint density at radius 1 is 0.959 bits per heavy atom. The number of hydrogen-bond donors (Lipinski definition) is 4. The first kappa shape index (κ1) is 38.2. The van der Waals surface area contributed by atoms with Crippen molar-refractivity contribution in [2.45, 2.75) is 60.4 Å². The number of anilines is 2. The van der Waals surface area contributed by atoms with Gasteiger partial charge >= 0.3 is 5.97 Å².